The summed E-state index contributed by atoms with van der Waals surface area (Å²) in [5.74, 6) is 0.901. The molecule has 0 spiro atoms. The summed E-state index contributed by atoms with van der Waals surface area (Å²) >= 11 is 0. The number of benzene rings is 1. The van der Waals surface area contributed by atoms with E-state index in [0.29, 0.717) is 6.54 Å². The van der Waals surface area contributed by atoms with Crippen LogP contribution >= 0.6 is 0 Å². The molecule has 24 heavy (non-hydrogen) atoms. The van der Waals surface area contributed by atoms with Crippen molar-refractivity contribution >= 4 is 0 Å². The van der Waals surface area contributed by atoms with Crippen LogP contribution in [0.4, 0.5) is 0 Å². The first-order valence-electron chi connectivity index (χ1n) is 9.76. The zero-order valence-electron chi connectivity index (χ0n) is 16.3. The molecule has 0 fully saturated rings. The molecule has 0 radical (unpaired) electrons. The van der Waals surface area contributed by atoms with E-state index in [-0.39, 0.29) is 10.8 Å². The van der Waals surface area contributed by atoms with Crippen molar-refractivity contribution in [1.29, 1.82) is 0 Å². The Balaban J connectivity index is 2.29. The molecule has 0 aliphatic heterocycles. The zero-order chi connectivity index (χ0) is 17.8. The highest BCUT2D eigenvalue weighted by Crippen LogP contribution is 2.18. The van der Waals surface area contributed by atoms with E-state index in [1.807, 2.05) is 0 Å². The van der Waals surface area contributed by atoms with E-state index in [1.54, 1.807) is 14.1 Å². The van der Waals surface area contributed by atoms with Crippen LogP contribution in [-0.4, -0.2) is 36.6 Å². The third kappa shape index (κ3) is 9.94. The first-order chi connectivity index (χ1) is 11.4. The second-order valence-corrected chi connectivity index (χ2v) is 7.47. The fourth-order valence-electron chi connectivity index (χ4n) is 2.96. The Bertz CT molecular complexity index is 422. The van der Waals surface area contributed by atoms with Crippen molar-refractivity contribution in [2.24, 2.45) is 0 Å². The Hall–Kier alpha value is -1.06. The Morgan fingerprint density at radius 3 is 2.04 bits per heavy atom. The molecule has 1 rings (SSSR count). The van der Waals surface area contributed by atoms with Gasteiger partial charge in [-0.2, -0.15) is 4.65 Å². The topological polar surface area (TPSA) is 29.5 Å². The van der Waals surface area contributed by atoms with Crippen molar-refractivity contribution < 1.29 is 14.6 Å². The van der Waals surface area contributed by atoms with Gasteiger partial charge in [0.25, 0.3) is 0 Å². The highest BCUT2D eigenvalue weighted by Gasteiger charge is 2.20. The van der Waals surface area contributed by atoms with Gasteiger partial charge >= 0.3 is 0 Å². The fraction of sp³-hybridized carbons (Fsp3) is 0.714. The van der Waals surface area contributed by atoms with Crippen molar-refractivity contribution in [3.63, 3.8) is 0 Å². The molecular formula is C21H38NO2+. The predicted octanol–water partition coefficient (Wildman–Crippen LogP) is 5.60. The van der Waals surface area contributed by atoms with Crippen LogP contribution in [-0.2, 0) is 6.42 Å². The van der Waals surface area contributed by atoms with Gasteiger partial charge in [0, 0.05) is 0 Å². The molecule has 0 amide bonds. The van der Waals surface area contributed by atoms with Gasteiger partial charge in [-0.05, 0) is 37.0 Å². The lowest BCUT2D eigenvalue weighted by molar-refractivity contribution is -1.07. The van der Waals surface area contributed by atoms with E-state index in [0.717, 1.165) is 18.6 Å². The number of hydrogen-bond donors (Lipinski definition) is 1. The predicted molar refractivity (Wildman–Crippen MR) is 102 cm³/mol. The normalized spacial score (nSPS) is 13.0. The minimum Gasteiger partial charge on any atom is -0.484 e. The van der Waals surface area contributed by atoms with Crippen molar-refractivity contribution in [2.45, 2.75) is 77.7 Å². The van der Waals surface area contributed by atoms with Gasteiger partial charge in [-0.15, -0.1) is 0 Å². The number of aryl methyl sites for hydroxylation is 1. The molecule has 138 valence electrons. The van der Waals surface area contributed by atoms with Crippen LogP contribution in [0.5, 0.6) is 5.75 Å². The van der Waals surface area contributed by atoms with Gasteiger partial charge in [-0.25, -0.2) is 5.21 Å². The molecule has 0 saturated heterocycles. The molecular weight excluding hydrogens is 298 g/mol. The highest BCUT2D eigenvalue weighted by atomic mass is 16.5. The van der Waals surface area contributed by atoms with E-state index in [9.17, 15) is 5.21 Å². The van der Waals surface area contributed by atoms with Gasteiger partial charge < -0.3 is 4.74 Å². The first-order valence-corrected chi connectivity index (χ1v) is 9.76. The number of hydrogen-bond acceptors (Lipinski definition) is 2. The molecule has 1 N–H and O–H groups in total. The van der Waals surface area contributed by atoms with E-state index >= 15 is 0 Å². The number of rotatable bonds is 13. The number of unbranched alkanes of at least 4 members (excludes halogenated alkanes) is 6. The molecule has 0 bridgehead atoms. The molecule has 1 aromatic rings. The summed E-state index contributed by atoms with van der Waals surface area (Å²) in [6, 6.07) is 8.49. The maximum absolute atomic E-state index is 9.89. The average Bonchev–Trinajstić information content (AvgIpc) is 2.53. The van der Waals surface area contributed by atoms with Crippen LogP contribution in [0, 0.1) is 0 Å². The van der Waals surface area contributed by atoms with Gasteiger partial charge in [0.2, 0.25) is 0 Å². The van der Waals surface area contributed by atoms with E-state index < -0.39 is 0 Å². The van der Waals surface area contributed by atoms with Crippen LogP contribution in [0.2, 0.25) is 0 Å². The summed E-state index contributed by atoms with van der Waals surface area (Å²) in [6.07, 6.45) is 11.6. The van der Waals surface area contributed by atoms with Crippen molar-refractivity contribution in [3.05, 3.63) is 29.8 Å². The first kappa shape index (κ1) is 21.0. The number of ether oxygens (including phenoxy) is 1. The molecule has 3 heteroatoms. The molecule has 3 nitrogen and oxygen atoms in total. The lowest BCUT2D eigenvalue weighted by Crippen LogP contribution is -2.43. The SMILES string of the molecule is CCCCCCCCCc1ccc(OC(CC)C[N+](C)(C)O)cc1. The molecule has 1 aromatic carbocycles. The van der Waals surface area contributed by atoms with Gasteiger partial charge in [-0.3, -0.25) is 0 Å². The second kappa shape index (κ2) is 11.5. The summed E-state index contributed by atoms with van der Waals surface area (Å²) in [4.78, 5) is 0. The highest BCUT2D eigenvalue weighted by molar-refractivity contribution is 5.27. The second-order valence-electron chi connectivity index (χ2n) is 7.47. The Morgan fingerprint density at radius 2 is 1.50 bits per heavy atom. The van der Waals surface area contributed by atoms with Crippen LogP contribution in [0.15, 0.2) is 24.3 Å². The molecule has 1 unspecified atom stereocenters. The third-order valence-corrected chi connectivity index (χ3v) is 4.40. The van der Waals surface area contributed by atoms with Gasteiger partial charge in [0.05, 0.1) is 14.1 Å². The molecule has 0 aromatic heterocycles. The molecule has 1 atom stereocenters. The largest absolute Gasteiger partial charge is 0.484 e. The number of likely N-dealkylation sites (N-methyl/N-ethyl adjacent to an activating group) is 1. The zero-order valence-corrected chi connectivity index (χ0v) is 16.3. The number of hydroxylamine groups is 3. The Morgan fingerprint density at radius 1 is 0.917 bits per heavy atom. The fourth-order valence-corrected chi connectivity index (χ4v) is 2.96. The molecule has 0 aliphatic carbocycles. The Labute approximate surface area is 149 Å². The monoisotopic (exact) mass is 336 g/mol. The standard InChI is InChI=1S/C21H38NO2/c1-5-7-8-9-10-11-12-13-19-14-16-21(17-15-19)24-20(6-2)18-22(3,4)23/h14-17,20,23H,5-13,18H2,1-4H3/q+1. The minimum atomic E-state index is -0.0607. The van der Waals surface area contributed by atoms with E-state index in [1.165, 1.54) is 50.5 Å². The van der Waals surface area contributed by atoms with Crippen LogP contribution in [0.1, 0.15) is 70.8 Å². The molecule has 0 heterocycles. The maximum Gasteiger partial charge on any atom is 0.150 e. The minimum absolute atomic E-state index is 0.0407. The van der Waals surface area contributed by atoms with E-state index in [4.69, 9.17) is 4.74 Å². The summed E-state index contributed by atoms with van der Waals surface area (Å²) in [6.45, 7) is 4.95. The summed E-state index contributed by atoms with van der Waals surface area (Å²) < 4.78 is 5.94. The van der Waals surface area contributed by atoms with Crippen molar-refractivity contribution in [1.82, 2.24) is 0 Å². The van der Waals surface area contributed by atoms with Crippen LogP contribution in [0.25, 0.3) is 0 Å². The van der Waals surface area contributed by atoms with Gasteiger partial charge in [0.15, 0.2) is 0 Å². The van der Waals surface area contributed by atoms with Crippen molar-refractivity contribution in [3.8, 4) is 5.75 Å². The lowest BCUT2D eigenvalue weighted by atomic mass is 10.0. The molecule has 0 aliphatic rings. The maximum atomic E-state index is 9.89. The molecule has 0 saturated carbocycles. The van der Waals surface area contributed by atoms with Crippen molar-refractivity contribution in [2.75, 3.05) is 20.6 Å². The smallest absolute Gasteiger partial charge is 0.150 e. The van der Waals surface area contributed by atoms with E-state index in [2.05, 4.69) is 38.1 Å². The third-order valence-electron chi connectivity index (χ3n) is 4.40. The Kier molecular flexibility index (Phi) is 10.0. The van der Waals surface area contributed by atoms with Gasteiger partial charge in [-0.1, -0.05) is 64.5 Å². The van der Waals surface area contributed by atoms with Crippen LogP contribution < -0.4 is 4.74 Å². The quantitative estimate of drug-likeness (QED) is 0.288. The number of quaternary nitrogens is 1. The average molecular weight is 337 g/mol. The summed E-state index contributed by atoms with van der Waals surface area (Å²) in [5, 5.41) is 9.89. The number of nitrogens with zero attached hydrogens (tertiary/aromatic N) is 1. The van der Waals surface area contributed by atoms with Gasteiger partial charge in [0.1, 0.15) is 18.4 Å². The summed E-state index contributed by atoms with van der Waals surface area (Å²) in [5.41, 5.74) is 1.39. The lowest BCUT2D eigenvalue weighted by Gasteiger charge is -2.25. The van der Waals surface area contributed by atoms with Crippen LogP contribution in [0.3, 0.4) is 0 Å². The summed E-state index contributed by atoms with van der Waals surface area (Å²) in [7, 11) is 3.55.